The van der Waals surface area contributed by atoms with Crippen LogP contribution in [0.3, 0.4) is 0 Å². The van der Waals surface area contributed by atoms with Crippen LogP contribution in [0, 0.1) is 0 Å². The van der Waals surface area contributed by atoms with Crippen molar-refractivity contribution in [3.63, 3.8) is 0 Å². The van der Waals surface area contributed by atoms with E-state index in [1.807, 2.05) is 20.8 Å². The van der Waals surface area contributed by atoms with E-state index in [9.17, 15) is 4.79 Å². The molecule has 0 radical (unpaired) electrons. The van der Waals surface area contributed by atoms with Crippen molar-refractivity contribution < 1.29 is 14.3 Å². The minimum absolute atomic E-state index is 0.0562. The zero-order valence-corrected chi connectivity index (χ0v) is 13.8. The minimum atomic E-state index is -0.487. The van der Waals surface area contributed by atoms with Gasteiger partial charge in [0.1, 0.15) is 22.5 Å². The highest BCUT2D eigenvalue weighted by Gasteiger charge is 2.28. The number of carbonyl (C=O) groups is 1. The highest BCUT2D eigenvalue weighted by molar-refractivity contribution is 6.32. The van der Waals surface area contributed by atoms with Crippen molar-refractivity contribution in [1.82, 2.24) is 14.9 Å². The Labute approximate surface area is 134 Å². The van der Waals surface area contributed by atoms with E-state index >= 15 is 0 Å². The highest BCUT2D eigenvalue weighted by atomic mass is 35.5. The van der Waals surface area contributed by atoms with Gasteiger partial charge in [0.15, 0.2) is 0 Å². The maximum absolute atomic E-state index is 12.0. The lowest BCUT2D eigenvalue weighted by Crippen LogP contribution is -2.44. The van der Waals surface area contributed by atoms with Crippen molar-refractivity contribution in [2.45, 2.75) is 45.3 Å². The van der Waals surface area contributed by atoms with Crippen molar-refractivity contribution >= 4 is 23.5 Å². The number of likely N-dealkylation sites (tertiary alicyclic amines) is 1. The summed E-state index contributed by atoms with van der Waals surface area (Å²) in [5.74, 6) is 0.192. The molecule has 2 N–H and O–H groups in total. The van der Waals surface area contributed by atoms with Crippen LogP contribution in [-0.2, 0) is 4.74 Å². The number of nitrogen functional groups attached to an aromatic ring is 1. The topological polar surface area (TPSA) is 90.6 Å². The van der Waals surface area contributed by atoms with Gasteiger partial charge in [-0.2, -0.15) is 4.98 Å². The highest BCUT2D eigenvalue weighted by Crippen LogP contribution is 2.21. The summed E-state index contributed by atoms with van der Waals surface area (Å²) >= 11 is 5.77. The van der Waals surface area contributed by atoms with Crippen molar-refractivity contribution in [3.05, 3.63) is 11.2 Å². The number of hydrogen-bond acceptors (Lipinski definition) is 6. The van der Waals surface area contributed by atoms with Crippen LogP contribution in [0.25, 0.3) is 0 Å². The summed E-state index contributed by atoms with van der Waals surface area (Å²) in [4.78, 5) is 21.6. The first-order valence-electron chi connectivity index (χ1n) is 7.17. The Hall–Kier alpha value is -1.76. The summed E-state index contributed by atoms with van der Waals surface area (Å²) in [6.07, 6.45) is 2.43. The first-order valence-corrected chi connectivity index (χ1v) is 7.55. The molecule has 1 fully saturated rings. The van der Waals surface area contributed by atoms with E-state index in [1.165, 1.54) is 6.20 Å². The fourth-order valence-electron chi connectivity index (χ4n) is 2.05. The summed E-state index contributed by atoms with van der Waals surface area (Å²) in [6, 6.07) is 0.206. The Bertz CT molecular complexity index is 539. The molecule has 1 aliphatic rings. The molecule has 0 bridgehead atoms. The molecule has 0 unspecified atom stereocenters. The number of nitrogens with two attached hydrogens (primary N) is 1. The molecule has 0 saturated carbocycles. The van der Waals surface area contributed by atoms with Crippen LogP contribution in [0.4, 0.5) is 10.6 Å². The standard InChI is InChI=1S/C14H21ClN4O3/c1-14(2,3)22-13(20)19-6-4-9(5-7-19)21-12-17-8-10(15)11(16)18-12/h8-9H,4-7H2,1-3H3,(H2,16,17,18). The first kappa shape index (κ1) is 16.6. The third-order valence-corrected chi connectivity index (χ3v) is 3.41. The molecular formula is C14H21ClN4O3. The average Bonchev–Trinajstić information content (AvgIpc) is 2.42. The van der Waals surface area contributed by atoms with Crippen molar-refractivity contribution in [2.75, 3.05) is 18.8 Å². The first-order chi connectivity index (χ1) is 10.2. The van der Waals surface area contributed by atoms with Gasteiger partial charge in [0.25, 0.3) is 0 Å². The SMILES string of the molecule is CC(C)(C)OC(=O)N1CCC(Oc2ncc(Cl)c(N)n2)CC1. The molecule has 0 atom stereocenters. The summed E-state index contributed by atoms with van der Waals surface area (Å²) in [6.45, 7) is 6.69. The van der Waals surface area contributed by atoms with Gasteiger partial charge in [-0.15, -0.1) is 0 Å². The smallest absolute Gasteiger partial charge is 0.410 e. The van der Waals surface area contributed by atoms with Gasteiger partial charge in [0, 0.05) is 25.9 Å². The Morgan fingerprint density at radius 1 is 1.41 bits per heavy atom. The third kappa shape index (κ3) is 4.62. The van der Waals surface area contributed by atoms with Crippen LogP contribution in [0.5, 0.6) is 6.01 Å². The van der Waals surface area contributed by atoms with E-state index in [2.05, 4.69) is 9.97 Å². The number of halogens is 1. The molecule has 22 heavy (non-hydrogen) atoms. The van der Waals surface area contributed by atoms with Crippen LogP contribution in [0.1, 0.15) is 33.6 Å². The van der Waals surface area contributed by atoms with Crippen LogP contribution in [0.2, 0.25) is 5.02 Å². The number of rotatable bonds is 2. The normalized spacial score (nSPS) is 16.5. The number of anilines is 1. The molecule has 1 amide bonds. The lowest BCUT2D eigenvalue weighted by molar-refractivity contribution is 0.0119. The van der Waals surface area contributed by atoms with Gasteiger partial charge in [-0.05, 0) is 20.8 Å². The number of ether oxygens (including phenoxy) is 2. The van der Waals surface area contributed by atoms with Gasteiger partial charge >= 0.3 is 12.1 Å². The largest absolute Gasteiger partial charge is 0.460 e. The van der Waals surface area contributed by atoms with E-state index in [0.717, 1.165) is 0 Å². The van der Waals surface area contributed by atoms with Crippen LogP contribution in [-0.4, -0.2) is 45.8 Å². The molecule has 1 aromatic heterocycles. The number of nitrogens with zero attached hydrogens (tertiary/aromatic N) is 3. The van der Waals surface area contributed by atoms with Crippen LogP contribution in [0.15, 0.2) is 6.20 Å². The Kier molecular flexibility index (Phi) is 4.95. The maximum Gasteiger partial charge on any atom is 0.410 e. The molecule has 2 rings (SSSR count). The second-order valence-corrected chi connectivity index (χ2v) is 6.58. The van der Waals surface area contributed by atoms with Crippen LogP contribution < -0.4 is 10.5 Å². The average molecular weight is 329 g/mol. The zero-order valence-electron chi connectivity index (χ0n) is 13.0. The summed E-state index contributed by atoms with van der Waals surface area (Å²) in [5, 5.41) is 0.298. The monoisotopic (exact) mass is 328 g/mol. The molecule has 1 saturated heterocycles. The van der Waals surface area contributed by atoms with E-state index in [-0.39, 0.29) is 24.0 Å². The van der Waals surface area contributed by atoms with E-state index in [4.69, 9.17) is 26.8 Å². The fourth-order valence-corrected chi connectivity index (χ4v) is 2.14. The predicted molar refractivity (Wildman–Crippen MR) is 82.9 cm³/mol. The second-order valence-electron chi connectivity index (χ2n) is 6.17. The maximum atomic E-state index is 12.0. The lowest BCUT2D eigenvalue weighted by atomic mass is 10.1. The van der Waals surface area contributed by atoms with Gasteiger partial charge < -0.3 is 20.1 Å². The Morgan fingerprint density at radius 3 is 2.59 bits per heavy atom. The number of aromatic nitrogens is 2. The molecule has 8 heteroatoms. The van der Waals surface area contributed by atoms with Gasteiger partial charge in [-0.25, -0.2) is 9.78 Å². The van der Waals surface area contributed by atoms with Gasteiger partial charge in [-0.1, -0.05) is 11.6 Å². The molecule has 122 valence electrons. The molecule has 1 aliphatic heterocycles. The van der Waals surface area contributed by atoms with Gasteiger partial charge in [-0.3, -0.25) is 0 Å². The lowest BCUT2D eigenvalue weighted by Gasteiger charge is -2.33. The van der Waals surface area contributed by atoms with Crippen molar-refractivity contribution in [2.24, 2.45) is 0 Å². The molecule has 0 spiro atoms. The van der Waals surface area contributed by atoms with E-state index in [0.29, 0.717) is 31.0 Å². The summed E-state index contributed by atoms with van der Waals surface area (Å²) < 4.78 is 11.0. The van der Waals surface area contributed by atoms with E-state index in [1.54, 1.807) is 4.90 Å². The second kappa shape index (κ2) is 6.56. The molecular weight excluding hydrogens is 308 g/mol. The zero-order chi connectivity index (χ0) is 16.3. The fraction of sp³-hybridized carbons (Fsp3) is 0.643. The number of hydrogen-bond donors (Lipinski definition) is 1. The third-order valence-electron chi connectivity index (χ3n) is 3.11. The van der Waals surface area contributed by atoms with Gasteiger partial charge in [0.05, 0.1) is 6.20 Å². The minimum Gasteiger partial charge on any atom is -0.460 e. The quantitative estimate of drug-likeness (QED) is 0.897. The van der Waals surface area contributed by atoms with E-state index < -0.39 is 5.60 Å². The number of piperidine rings is 1. The van der Waals surface area contributed by atoms with Gasteiger partial charge in [0.2, 0.25) is 0 Å². The Morgan fingerprint density at radius 2 is 2.05 bits per heavy atom. The summed E-state index contributed by atoms with van der Waals surface area (Å²) in [7, 11) is 0. The van der Waals surface area contributed by atoms with Crippen LogP contribution >= 0.6 is 11.6 Å². The summed E-state index contributed by atoms with van der Waals surface area (Å²) in [5.41, 5.74) is 5.13. The number of amides is 1. The van der Waals surface area contributed by atoms with Crippen molar-refractivity contribution in [1.29, 1.82) is 0 Å². The molecule has 2 heterocycles. The molecule has 0 aliphatic carbocycles. The van der Waals surface area contributed by atoms with Crippen molar-refractivity contribution in [3.8, 4) is 6.01 Å². The predicted octanol–water partition coefficient (Wildman–Crippen LogP) is 2.49. The molecule has 0 aromatic carbocycles. The molecule has 7 nitrogen and oxygen atoms in total. The Balaban J connectivity index is 1.84. The number of carbonyl (C=O) groups excluding carboxylic acids is 1. The molecule has 1 aromatic rings.